The maximum Gasteiger partial charge on any atom is 0.125 e. The Hall–Kier alpha value is -1.16. The van der Waals surface area contributed by atoms with Crippen molar-refractivity contribution in [3.63, 3.8) is 0 Å². The summed E-state index contributed by atoms with van der Waals surface area (Å²) in [6.07, 6.45) is 6.61. The molecule has 5 heteroatoms. The van der Waals surface area contributed by atoms with Gasteiger partial charge in [0.05, 0.1) is 11.4 Å². The van der Waals surface area contributed by atoms with Gasteiger partial charge in [-0.05, 0) is 55.9 Å². The van der Waals surface area contributed by atoms with Crippen LogP contribution >= 0.6 is 23.2 Å². The first-order valence-corrected chi connectivity index (χ1v) is 10.3. The van der Waals surface area contributed by atoms with Gasteiger partial charge >= 0.3 is 0 Å². The quantitative estimate of drug-likeness (QED) is 0.677. The van der Waals surface area contributed by atoms with Crippen molar-refractivity contribution < 1.29 is 0 Å². The topological polar surface area (TPSA) is 51.8 Å². The van der Waals surface area contributed by atoms with Gasteiger partial charge in [0.15, 0.2) is 0 Å². The Morgan fingerprint density at radius 3 is 2.77 bits per heavy atom. The van der Waals surface area contributed by atoms with Crippen LogP contribution in [0.25, 0.3) is 0 Å². The molecule has 140 valence electrons. The van der Waals surface area contributed by atoms with E-state index in [0.717, 1.165) is 47.8 Å². The second kappa shape index (κ2) is 8.69. The van der Waals surface area contributed by atoms with Crippen molar-refractivity contribution in [1.82, 2.24) is 9.97 Å². The standard InChI is InChI=1S/C21H27Cl2N3/c1-3-4-6-14(12-24)20-18-8-5-7-17(21(18)26-13(2)25-20)16-10-9-15(22)11-19(16)23/h9-11,14,17H,3-8,12,24H2,1-2H3. The predicted molar refractivity (Wildman–Crippen MR) is 109 cm³/mol. The Kier molecular flexibility index (Phi) is 6.55. The molecule has 2 unspecified atom stereocenters. The highest BCUT2D eigenvalue weighted by molar-refractivity contribution is 6.35. The normalized spacial score (nSPS) is 17.8. The maximum absolute atomic E-state index is 6.52. The highest BCUT2D eigenvalue weighted by Gasteiger charge is 2.29. The third-order valence-electron chi connectivity index (χ3n) is 5.35. The van der Waals surface area contributed by atoms with Crippen molar-refractivity contribution in [1.29, 1.82) is 0 Å². The van der Waals surface area contributed by atoms with Gasteiger partial charge in [-0.25, -0.2) is 9.97 Å². The number of fused-ring (bicyclic) bond motifs is 1. The van der Waals surface area contributed by atoms with Crippen LogP contribution in [0.1, 0.15) is 79.2 Å². The van der Waals surface area contributed by atoms with E-state index in [0.29, 0.717) is 17.5 Å². The number of aromatic nitrogens is 2. The Labute approximate surface area is 166 Å². The molecule has 0 amide bonds. The van der Waals surface area contributed by atoms with E-state index in [4.69, 9.17) is 38.9 Å². The number of hydrogen-bond donors (Lipinski definition) is 1. The molecule has 0 spiro atoms. The lowest BCUT2D eigenvalue weighted by Gasteiger charge is -2.29. The summed E-state index contributed by atoms with van der Waals surface area (Å²) in [6.45, 7) is 4.83. The number of aryl methyl sites for hydroxylation is 1. The van der Waals surface area contributed by atoms with Crippen LogP contribution in [-0.2, 0) is 6.42 Å². The molecule has 1 heterocycles. The van der Waals surface area contributed by atoms with Crippen LogP contribution in [-0.4, -0.2) is 16.5 Å². The molecule has 1 aromatic carbocycles. The molecule has 1 aliphatic carbocycles. The van der Waals surface area contributed by atoms with Gasteiger partial charge in [0.1, 0.15) is 5.82 Å². The van der Waals surface area contributed by atoms with Crippen molar-refractivity contribution in [3.8, 4) is 0 Å². The monoisotopic (exact) mass is 391 g/mol. The number of nitrogens with zero attached hydrogens (tertiary/aromatic N) is 2. The first-order valence-electron chi connectivity index (χ1n) is 9.57. The van der Waals surface area contributed by atoms with Gasteiger partial charge in [-0.1, -0.05) is 49.0 Å². The summed E-state index contributed by atoms with van der Waals surface area (Å²) in [7, 11) is 0. The highest BCUT2D eigenvalue weighted by atomic mass is 35.5. The smallest absolute Gasteiger partial charge is 0.125 e. The summed E-state index contributed by atoms with van der Waals surface area (Å²) in [5, 5.41) is 1.38. The summed E-state index contributed by atoms with van der Waals surface area (Å²) in [6, 6.07) is 5.78. The van der Waals surface area contributed by atoms with Crippen LogP contribution in [0.3, 0.4) is 0 Å². The van der Waals surface area contributed by atoms with Crippen molar-refractivity contribution in [2.45, 2.75) is 64.2 Å². The van der Waals surface area contributed by atoms with Crippen molar-refractivity contribution in [2.24, 2.45) is 5.73 Å². The average molecular weight is 392 g/mol. The third-order valence-corrected chi connectivity index (χ3v) is 5.91. The molecule has 3 rings (SSSR count). The average Bonchev–Trinajstić information content (AvgIpc) is 2.62. The first kappa shape index (κ1) is 19.6. The predicted octanol–water partition coefficient (Wildman–Crippen LogP) is 5.79. The van der Waals surface area contributed by atoms with Gasteiger partial charge in [-0.2, -0.15) is 0 Å². The number of nitrogens with two attached hydrogens (primary N) is 1. The molecule has 1 aliphatic rings. The van der Waals surface area contributed by atoms with E-state index in [-0.39, 0.29) is 5.92 Å². The van der Waals surface area contributed by atoms with Crippen LogP contribution in [0.4, 0.5) is 0 Å². The fourth-order valence-electron chi connectivity index (χ4n) is 4.05. The lowest BCUT2D eigenvalue weighted by molar-refractivity contribution is 0.540. The Morgan fingerprint density at radius 2 is 2.08 bits per heavy atom. The minimum absolute atomic E-state index is 0.202. The molecule has 0 saturated carbocycles. The molecule has 0 bridgehead atoms. The summed E-state index contributed by atoms with van der Waals surface area (Å²) in [4.78, 5) is 9.68. The van der Waals surface area contributed by atoms with Crippen LogP contribution in [0.15, 0.2) is 18.2 Å². The minimum Gasteiger partial charge on any atom is -0.330 e. The van der Waals surface area contributed by atoms with Crippen LogP contribution in [0.5, 0.6) is 0 Å². The van der Waals surface area contributed by atoms with Crippen molar-refractivity contribution in [3.05, 3.63) is 56.6 Å². The number of rotatable bonds is 6. The maximum atomic E-state index is 6.52. The van der Waals surface area contributed by atoms with Gasteiger partial charge < -0.3 is 5.73 Å². The van der Waals surface area contributed by atoms with E-state index in [9.17, 15) is 0 Å². The van der Waals surface area contributed by atoms with E-state index >= 15 is 0 Å². The molecule has 0 fully saturated rings. The molecule has 2 atom stereocenters. The molecule has 1 aromatic heterocycles. The van der Waals surface area contributed by atoms with Crippen LogP contribution in [0.2, 0.25) is 10.0 Å². The second-order valence-corrected chi connectivity index (χ2v) is 8.05. The number of benzene rings is 1. The van der Waals surface area contributed by atoms with E-state index < -0.39 is 0 Å². The summed E-state index contributed by atoms with van der Waals surface area (Å²) < 4.78 is 0. The van der Waals surface area contributed by atoms with Crippen molar-refractivity contribution in [2.75, 3.05) is 6.54 Å². The molecule has 26 heavy (non-hydrogen) atoms. The zero-order chi connectivity index (χ0) is 18.7. The molecule has 0 aliphatic heterocycles. The Morgan fingerprint density at radius 1 is 1.27 bits per heavy atom. The van der Waals surface area contributed by atoms with E-state index in [1.165, 1.54) is 24.1 Å². The molecular formula is C21H27Cl2N3. The fourth-order valence-corrected chi connectivity index (χ4v) is 4.59. The molecule has 0 radical (unpaired) electrons. The first-order chi connectivity index (χ1) is 12.5. The number of hydrogen-bond acceptors (Lipinski definition) is 3. The molecule has 0 saturated heterocycles. The van der Waals surface area contributed by atoms with Gasteiger partial charge in [-0.3, -0.25) is 0 Å². The van der Waals surface area contributed by atoms with E-state index in [1.807, 2.05) is 25.1 Å². The van der Waals surface area contributed by atoms with Crippen LogP contribution < -0.4 is 5.73 Å². The van der Waals surface area contributed by atoms with E-state index in [2.05, 4.69) is 6.92 Å². The second-order valence-electron chi connectivity index (χ2n) is 7.21. The summed E-state index contributed by atoms with van der Waals surface area (Å²) >= 11 is 12.6. The van der Waals surface area contributed by atoms with Gasteiger partial charge in [0, 0.05) is 28.4 Å². The highest BCUT2D eigenvalue weighted by Crippen LogP contribution is 2.41. The fraction of sp³-hybridized carbons (Fsp3) is 0.524. The lowest BCUT2D eigenvalue weighted by atomic mass is 9.79. The zero-order valence-electron chi connectivity index (χ0n) is 15.6. The summed E-state index contributed by atoms with van der Waals surface area (Å²) in [5.41, 5.74) is 10.8. The third kappa shape index (κ3) is 4.05. The Bertz CT molecular complexity index is 776. The molecule has 3 nitrogen and oxygen atoms in total. The molecule has 2 N–H and O–H groups in total. The number of unbranched alkanes of at least 4 members (excludes halogenated alkanes) is 1. The number of halogens is 2. The largest absolute Gasteiger partial charge is 0.330 e. The lowest BCUT2D eigenvalue weighted by Crippen LogP contribution is -2.22. The van der Waals surface area contributed by atoms with Crippen LogP contribution in [0, 0.1) is 6.92 Å². The SMILES string of the molecule is CCCCC(CN)c1nc(C)nc2c1CCCC2c1ccc(Cl)cc1Cl. The zero-order valence-corrected chi connectivity index (χ0v) is 17.1. The van der Waals surface area contributed by atoms with E-state index in [1.54, 1.807) is 0 Å². The molecular weight excluding hydrogens is 365 g/mol. The van der Waals surface area contributed by atoms with Gasteiger partial charge in [0.25, 0.3) is 0 Å². The van der Waals surface area contributed by atoms with Gasteiger partial charge in [0.2, 0.25) is 0 Å². The Balaban J connectivity index is 2.07. The van der Waals surface area contributed by atoms with Crippen molar-refractivity contribution >= 4 is 23.2 Å². The molecule has 2 aromatic rings. The summed E-state index contributed by atoms with van der Waals surface area (Å²) in [5.74, 6) is 1.34. The minimum atomic E-state index is 0.202. The van der Waals surface area contributed by atoms with Gasteiger partial charge in [-0.15, -0.1) is 0 Å².